The minimum absolute atomic E-state index is 0.0720. The number of hydrogen-bond donors (Lipinski definition) is 1. The van der Waals surface area contributed by atoms with Crippen LogP contribution in [0.25, 0.3) is 0 Å². The quantitative estimate of drug-likeness (QED) is 0.297. The van der Waals surface area contributed by atoms with E-state index in [1.54, 1.807) is 6.92 Å². The van der Waals surface area contributed by atoms with E-state index in [0.717, 1.165) is 17.1 Å². The van der Waals surface area contributed by atoms with Gasteiger partial charge < -0.3 is 18.7 Å². The number of rotatable bonds is 10. The Bertz CT molecular complexity index is 714. The lowest BCUT2D eigenvalue weighted by Crippen LogP contribution is -2.44. The number of esters is 1. The highest BCUT2D eigenvalue weighted by molar-refractivity contribution is 6.75. The minimum atomic E-state index is -2.03. The summed E-state index contributed by atoms with van der Waals surface area (Å²) in [4.78, 5) is 11.6. The van der Waals surface area contributed by atoms with Crippen LogP contribution in [0.2, 0.25) is 36.3 Å². The summed E-state index contributed by atoms with van der Waals surface area (Å²) in [6.45, 7) is 24.3. The minimum Gasteiger partial charge on any atom is -0.543 e. The normalized spacial score (nSPS) is 14.1. The van der Waals surface area contributed by atoms with Crippen LogP contribution >= 0.6 is 0 Å². The molecule has 0 saturated heterocycles. The van der Waals surface area contributed by atoms with E-state index in [-0.39, 0.29) is 22.5 Å². The lowest BCUT2D eigenvalue weighted by molar-refractivity contribution is -0.143. The van der Waals surface area contributed by atoms with Crippen molar-refractivity contribution in [1.82, 2.24) is 0 Å². The van der Waals surface area contributed by atoms with Crippen LogP contribution in [-0.4, -0.2) is 40.4 Å². The maximum Gasteiger partial charge on any atom is 0.305 e. The molecule has 1 aromatic carbocycles. The zero-order chi connectivity index (χ0) is 25.0. The first-order chi connectivity index (χ1) is 14.4. The topological polar surface area (TPSA) is 65.0 Å². The summed E-state index contributed by atoms with van der Waals surface area (Å²) in [5.74, 6) is 1.31. The largest absolute Gasteiger partial charge is 0.543 e. The van der Waals surface area contributed by atoms with Crippen LogP contribution in [-0.2, 0) is 16.0 Å². The second-order valence-electron chi connectivity index (χ2n) is 11.7. The smallest absolute Gasteiger partial charge is 0.305 e. The van der Waals surface area contributed by atoms with Gasteiger partial charge >= 0.3 is 5.97 Å². The van der Waals surface area contributed by atoms with Crippen LogP contribution in [0, 0.1) is 0 Å². The summed E-state index contributed by atoms with van der Waals surface area (Å²) in [7, 11) is -4.07. The molecule has 0 aliphatic carbocycles. The summed E-state index contributed by atoms with van der Waals surface area (Å²) in [6, 6.07) is 6.01. The van der Waals surface area contributed by atoms with Crippen LogP contribution in [0.3, 0.4) is 0 Å². The van der Waals surface area contributed by atoms with Crippen molar-refractivity contribution in [3.63, 3.8) is 0 Å². The van der Waals surface area contributed by atoms with E-state index in [9.17, 15) is 9.90 Å². The molecule has 0 fully saturated rings. The molecule has 0 aromatic heterocycles. The predicted octanol–water partition coefficient (Wildman–Crippen LogP) is 6.70. The van der Waals surface area contributed by atoms with Gasteiger partial charge in [-0.25, -0.2) is 0 Å². The van der Waals surface area contributed by atoms with E-state index in [4.69, 9.17) is 13.6 Å². The van der Waals surface area contributed by atoms with Crippen molar-refractivity contribution in [2.24, 2.45) is 0 Å². The maximum atomic E-state index is 11.6. The van der Waals surface area contributed by atoms with E-state index >= 15 is 0 Å². The highest BCUT2D eigenvalue weighted by Crippen LogP contribution is 2.41. The molecule has 7 heteroatoms. The first-order valence-electron chi connectivity index (χ1n) is 11.7. The Labute approximate surface area is 198 Å². The van der Waals surface area contributed by atoms with Gasteiger partial charge in [-0.05, 0) is 73.7 Å². The summed E-state index contributed by atoms with van der Waals surface area (Å²) in [5, 5.41) is 10.7. The van der Waals surface area contributed by atoms with Crippen LogP contribution < -0.4 is 8.85 Å². The number of carbonyl (C=O) groups is 1. The third kappa shape index (κ3) is 8.56. The number of aliphatic hydroxyl groups excluding tert-OH is 1. The monoisotopic (exact) mass is 482 g/mol. The van der Waals surface area contributed by atoms with Gasteiger partial charge in [-0.2, -0.15) is 0 Å². The summed E-state index contributed by atoms with van der Waals surface area (Å²) in [5.41, 5.74) is 0.950. The number of benzene rings is 1. The van der Waals surface area contributed by atoms with Crippen molar-refractivity contribution in [2.75, 3.05) is 6.61 Å². The van der Waals surface area contributed by atoms with Crippen molar-refractivity contribution in [3.05, 3.63) is 23.8 Å². The van der Waals surface area contributed by atoms with Crippen molar-refractivity contribution < 1.29 is 23.5 Å². The summed E-state index contributed by atoms with van der Waals surface area (Å²) < 4.78 is 18.1. The molecule has 1 N–H and O–H groups in total. The molecule has 0 aliphatic heterocycles. The second kappa shape index (κ2) is 10.7. The lowest BCUT2D eigenvalue weighted by atomic mass is 10.0. The molecule has 1 rings (SSSR count). The third-order valence-corrected chi connectivity index (χ3v) is 15.5. The Morgan fingerprint density at radius 3 is 1.72 bits per heavy atom. The molecule has 0 unspecified atom stereocenters. The van der Waals surface area contributed by atoms with Crippen molar-refractivity contribution in [3.8, 4) is 11.5 Å². The number of carbonyl (C=O) groups excluding carboxylic acids is 1. The van der Waals surface area contributed by atoms with E-state index in [1.807, 2.05) is 18.2 Å². The number of ether oxygens (including phenoxy) is 1. The van der Waals surface area contributed by atoms with Gasteiger partial charge in [0.1, 0.15) is 11.5 Å². The molecule has 5 nitrogen and oxygen atoms in total. The fraction of sp³-hybridized carbons (Fsp3) is 0.720. The van der Waals surface area contributed by atoms with Crippen molar-refractivity contribution in [1.29, 1.82) is 0 Å². The predicted molar refractivity (Wildman–Crippen MR) is 138 cm³/mol. The Hall–Kier alpha value is -1.32. The van der Waals surface area contributed by atoms with Gasteiger partial charge in [-0.1, -0.05) is 41.5 Å². The van der Waals surface area contributed by atoms with Gasteiger partial charge in [0, 0.05) is 12.5 Å². The molecule has 1 aromatic rings. The highest BCUT2D eigenvalue weighted by Gasteiger charge is 2.40. The molecule has 0 spiro atoms. The van der Waals surface area contributed by atoms with E-state index in [2.05, 4.69) is 67.7 Å². The van der Waals surface area contributed by atoms with Gasteiger partial charge in [0.15, 0.2) is 0 Å². The zero-order valence-electron chi connectivity index (χ0n) is 22.2. The van der Waals surface area contributed by atoms with Gasteiger partial charge in [0.05, 0.1) is 12.7 Å². The molecule has 0 heterocycles. The first-order valence-corrected chi connectivity index (χ1v) is 17.6. The van der Waals surface area contributed by atoms with E-state index < -0.39 is 22.7 Å². The van der Waals surface area contributed by atoms with E-state index in [1.165, 1.54) is 0 Å². The lowest BCUT2D eigenvalue weighted by Gasteiger charge is -2.38. The van der Waals surface area contributed by atoms with Gasteiger partial charge in [0.2, 0.25) is 16.6 Å². The molecular formula is C25H46O5Si2. The van der Waals surface area contributed by atoms with Gasteiger partial charge in [-0.3, -0.25) is 4.79 Å². The molecular weight excluding hydrogens is 436 g/mol. The number of aliphatic hydroxyl groups is 1. The highest BCUT2D eigenvalue weighted by atomic mass is 28.4. The molecule has 0 amide bonds. The van der Waals surface area contributed by atoms with Gasteiger partial charge in [0.25, 0.3) is 0 Å². The van der Waals surface area contributed by atoms with E-state index in [0.29, 0.717) is 19.4 Å². The Morgan fingerprint density at radius 1 is 0.906 bits per heavy atom. The zero-order valence-corrected chi connectivity index (χ0v) is 24.2. The Balaban J connectivity index is 3.18. The fourth-order valence-electron chi connectivity index (χ4n) is 2.65. The summed E-state index contributed by atoms with van der Waals surface area (Å²) in [6.07, 6.45) is 0.373. The second-order valence-corrected chi connectivity index (χ2v) is 21.2. The first kappa shape index (κ1) is 28.7. The molecule has 0 saturated carbocycles. The van der Waals surface area contributed by atoms with Gasteiger partial charge in [-0.15, -0.1) is 0 Å². The van der Waals surface area contributed by atoms with Crippen molar-refractivity contribution >= 4 is 22.6 Å². The molecule has 32 heavy (non-hydrogen) atoms. The van der Waals surface area contributed by atoms with Crippen LogP contribution in [0.5, 0.6) is 11.5 Å². The van der Waals surface area contributed by atoms with Crippen LogP contribution in [0.4, 0.5) is 0 Å². The molecule has 184 valence electrons. The number of hydrogen-bond acceptors (Lipinski definition) is 5. The standard InChI is InChI=1S/C25H46O5Si2/c1-12-28-23(27)14-13-20(26)15-19-16-21(29-31(8,9)24(2,3)4)18-22(17-19)30-32(10,11)25(5,6)7/h16-18,20,26H,12-15H2,1-11H3/t20-/m1/s1. The average Bonchev–Trinajstić information content (AvgIpc) is 2.57. The molecule has 0 aliphatic rings. The summed E-state index contributed by atoms with van der Waals surface area (Å²) >= 11 is 0. The Kier molecular flexibility index (Phi) is 9.64. The third-order valence-electron chi connectivity index (χ3n) is 6.76. The van der Waals surface area contributed by atoms with Crippen molar-refractivity contribution in [2.45, 2.75) is 110 Å². The molecule has 0 radical (unpaired) electrons. The molecule has 1 atom stereocenters. The Morgan fingerprint density at radius 2 is 1.34 bits per heavy atom. The fourth-order valence-corrected chi connectivity index (χ4v) is 4.68. The SMILES string of the molecule is CCOC(=O)CC[C@@H](O)Cc1cc(O[Si](C)(C)C(C)(C)C)cc(O[Si](C)(C)C(C)(C)C)c1. The average molecular weight is 483 g/mol. The maximum absolute atomic E-state index is 11.6. The van der Waals surface area contributed by atoms with Crippen LogP contribution in [0.1, 0.15) is 66.9 Å². The van der Waals surface area contributed by atoms with Crippen LogP contribution in [0.15, 0.2) is 18.2 Å². The molecule has 0 bridgehead atoms.